The second-order valence-electron chi connectivity index (χ2n) is 3.80. The molecule has 4 nitrogen and oxygen atoms in total. The second kappa shape index (κ2) is 4.75. The quantitative estimate of drug-likeness (QED) is 0.629. The molecule has 3 unspecified atom stereocenters. The molecule has 0 aliphatic carbocycles. The minimum Gasteiger partial charge on any atom is -0.468 e. The average Bonchev–Trinajstić information content (AvgIpc) is 2.61. The first-order chi connectivity index (χ1) is 6.57. The van der Waals surface area contributed by atoms with E-state index < -0.39 is 0 Å². The molecule has 0 spiro atoms. The fourth-order valence-corrected chi connectivity index (χ4v) is 1.88. The van der Waals surface area contributed by atoms with E-state index in [1.807, 2.05) is 25.8 Å². The zero-order valence-corrected chi connectivity index (χ0v) is 9.32. The second-order valence-corrected chi connectivity index (χ2v) is 3.80. The summed E-state index contributed by atoms with van der Waals surface area (Å²) in [6.07, 6.45) is 1.19. The Morgan fingerprint density at radius 3 is 2.71 bits per heavy atom. The first kappa shape index (κ1) is 11.5. The molecule has 1 aliphatic heterocycles. The third-order valence-electron chi connectivity index (χ3n) is 3.01. The lowest BCUT2D eigenvalue weighted by molar-refractivity contribution is -0.146. The molecule has 0 radical (unpaired) electrons. The molecule has 3 atom stereocenters. The molecule has 0 aromatic rings. The van der Waals surface area contributed by atoms with Crippen molar-refractivity contribution in [3.63, 3.8) is 0 Å². The van der Waals surface area contributed by atoms with Gasteiger partial charge in [-0.3, -0.25) is 9.69 Å². The maximum atomic E-state index is 11.3. The highest BCUT2D eigenvalue weighted by Gasteiger charge is 2.32. The third-order valence-corrected chi connectivity index (χ3v) is 3.01. The minimum atomic E-state index is -0.200. The highest BCUT2D eigenvalue weighted by Crippen LogP contribution is 2.20. The third kappa shape index (κ3) is 2.25. The molecule has 0 saturated carbocycles. The van der Waals surface area contributed by atoms with Crippen LogP contribution in [0.3, 0.4) is 0 Å². The number of nitrogens with zero attached hydrogens (tertiary/aromatic N) is 1. The van der Waals surface area contributed by atoms with Gasteiger partial charge in [0.15, 0.2) is 0 Å². The molecule has 1 heterocycles. The van der Waals surface area contributed by atoms with Crippen LogP contribution in [-0.4, -0.2) is 49.8 Å². The number of rotatable bonds is 3. The van der Waals surface area contributed by atoms with Crippen molar-refractivity contribution >= 4 is 5.97 Å². The topological polar surface area (TPSA) is 38.8 Å². The van der Waals surface area contributed by atoms with Crippen LogP contribution in [-0.2, 0) is 14.3 Å². The summed E-state index contributed by atoms with van der Waals surface area (Å²) >= 11 is 0. The maximum absolute atomic E-state index is 11.3. The molecule has 0 bridgehead atoms. The monoisotopic (exact) mass is 201 g/mol. The van der Waals surface area contributed by atoms with Gasteiger partial charge in [-0.2, -0.15) is 0 Å². The van der Waals surface area contributed by atoms with Gasteiger partial charge in [-0.15, -0.1) is 0 Å². The Bertz CT molecular complexity index is 208. The number of carbonyl (C=O) groups is 1. The van der Waals surface area contributed by atoms with Crippen molar-refractivity contribution in [2.45, 2.75) is 38.5 Å². The van der Waals surface area contributed by atoms with Crippen LogP contribution in [0.5, 0.6) is 0 Å². The van der Waals surface area contributed by atoms with Gasteiger partial charge >= 0.3 is 5.97 Å². The van der Waals surface area contributed by atoms with E-state index >= 15 is 0 Å². The maximum Gasteiger partial charge on any atom is 0.322 e. The van der Waals surface area contributed by atoms with Crippen LogP contribution >= 0.6 is 0 Å². The molecule has 1 aliphatic rings. The summed E-state index contributed by atoms with van der Waals surface area (Å²) < 4.78 is 10.2. The first-order valence-electron chi connectivity index (χ1n) is 4.99. The van der Waals surface area contributed by atoms with E-state index in [9.17, 15) is 4.79 Å². The smallest absolute Gasteiger partial charge is 0.322 e. The lowest BCUT2D eigenvalue weighted by atomic mass is 10.1. The Morgan fingerprint density at radius 2 is 2.29 bits per heavy atom. The summed E-state index contributed by atoms with van der Waals surface area (Å²) in [6, 6.07) is 0.123. The van der Waals surface area contributed by atoms with Crippen LogP contribution in [0.4, 0.5) is 0 Å². The fourth-order valence-electron chi connectivity index (χ4n) is 1.88. The predicted molar refractivity (Wildman–Crippen MR) is 53.1 cm³/mol. The van der Waals surface area contributed by atoms with Crippen molar-refractivity contribution < 1.29 is 14.3 Å². The molecule has 1 saturated heterocycles. The van der Waals surface area contributed by atoms with Gasteiger partial charge in [-0.05, 0) is 27.3 Å². The molecule has 4 heteroatoms. The molecule has 82 valence electrons. The van der Waals surface area contributed by atoms with Crippen LogP contribution in [0.25, 0.3) is 0 Å². The molecule has 0 aromatic heterocycles. The zero-order valence-electron chi connectivity index (χ0n) is 9.32. The van der Waals surface area contributed by atoms with Gasteiger partial charge in [0.2, 0.25) is 0 Å². The van der Waals surface area contributed by atoms with E-state index in [-0.39, 0.29) is 18.1 Å². The van der Waals surface area contributed by atoms with Crippen LogP contribution in [0.15, 0.2) is 0 Å². The number of hydrogen-bond donors (Lipinski definition) is 0. The summed E-state index contributed by atoms with van der Waals surface area (Å²) in [6.45, 7) is 4.68. The number of esters is 1. The molecular weight excluding hydrogens is 182 g/mol. The van der Waals surface area contributed by atoms with Crippen LogP contribution in [0.1, 0.15) is 20.3 Å². The van der Waals surface area contributed by atoms with Crippen molar-refractivity contribution in [3.8, 4) is 0 Å². The van der Waals surface area contributed by atoms with Crippen molar-refractivity contribution in [1.82, 2.24) is 4.90 Å². The Kier molecular flexibility index (Phi) is 3.89. The van der Waals surface area contributed by atoms with Crippen molar-refractivity contribution in [2.24, 2.45) is 0 Å². The number of hydrogen-bond acceptors (Lipinski definition) is 4. The molecular formula is C10H19NO3. The molecule has 1 fully saturated rings. The van der Waals surface area contributed by atoms with Crippen molar-refractivity contribution in [2.75, 3.05) is 20.8 Å². The van der Waals surface area contributed by atoms with Crippen LogP contribution in [0.2, 0.25) is 0 Å². The number of carbonyl (C=O) groups excluding carboxylic acids is 1. The summed E-state index contributed by atoms with van der Waals surface area (Å²) in [5.41, 5.74) is 0. The Balaban J connectivity index is 2.55. The Hall–Kier alpha value is -0.610. The fraction of sp³-hybridized carbons (Fsp3) is 0.900. The highest BCUT2D eigenvalue weighted by molar-refractivity contribution is 5.75. The number of ether oxygens (including phenoxy) is 2. The summed E-state index contributed by atoms with van der Waals surface area (Å²) in [4.78, 5) is 13.3. The number of methoxy groups -OCH3 is 1. The summed E-state index contributed by atoms with van der Waals surface area (Å²) in [5.74, 6) is -0.188. The van der Waals surface area contributed by atoms with Gasteiger partial charge < -0.3 is 9.47 Å². The van der Waals surface area contributed by atoms with Gasteiger partial charge in [0.05, 0.1) is 13.2 Å². The summed E-state index contributed by atoms with van der Waals surface area (Å²) in [5, 5.41) is 0. The van der Waals surface area contributed by atoms with Gasteiger partial charge in [0.25, 0.3) is 0 Å². The molecule has 14 heavy (non-hydrogen) atoms. The van der Waals surface area contributed by atoms with E-state index in [4.69, 9.17) is 9.47 Å². The van der Waals surface area contributed by atoms with E-state index in [1.54, 1.807) is 0 Å². The summed E-state index contributed by atoms with van der Waals surface area (Å²) in [7, 11) is 3.36. The van der Waals surface area contributed by atoms with Crippen LogP contribution < -0.4 is 0 Å². The number of likely N-dealkylation sites (N-methyl/N-ethyl adjacent to an activating group) is 1. The highest BCUT2D eigenvalue weighted by atomic mass is 16.5. The van der Waals surface area contributed by atoms with E-state index in [1.165, 1.54) is 7.11 Å². The first-order valence-corrected chi connectivity index (χ1v) is 4.99. The van der Waals surface area contributed by atoms with Crippen LogP contribution in [0, 0.1) is 0 Å². The predicted octanol–water partition coefficient (Wildman–Crippen LogP) is 0.657. The molecule has 1 rings (SSSR count). The standard InChI is InChI=1S/C10H19NO3/c1-7(10(12)13-4)11(3)9-5-6-14-8(9)2/h7-9H,5-6H2,1-4H3. The minimum absolute atomic E-state index is 0.188. The molecule has 0 aromatic carbocycles. The molecule has 0 amide bonds. The van der Waals surface area contributed by atoms with Crippen molar-refractivity contribution in [3.05, 3.63) is 0 Å². The SMILES string of the molecule is COC(=O)C(C)N(C)C1CCOC1C. The normalized spacial score (nSPS) is 29.2. The van der Waals surface area contributed by atoms with Gasteiger partial charge in [-0.25, -0.2) is 0 Å². The van der Waals surface area contributed by atoms with Gasteiger partial charge in [-0.1, -0.05) is 0 Å². The lowest BCUT2D eigenvalue weighted by Crippen LogP contribution is -2.46. The van der Waals surface area contributed by atoms with E-state index in [2.05, 4.69) is 0 Å². The Labute approximate surface area is 85.2 Å². The van der Waals surface area contributed by atoms with Gasteiger partial charge in [0, 0.05) is 12.6 Å². The van der Waals surface area contributed by atoms with Gasteiger partial charge in [0.1, 0.15) is 6.04 Å². The Morgan fingerprint density at radius 1 is 1.64 bits per heavy atom. The van der Waals surface area contributed by atoms with Crippen molar-refractivity contribution in [1.29, 1.82) is 0 Å². The van der Waals surface area contributed by atoms with E-state index in [0.29, 0.717) is 6.04 Å². The average molecular weight is 201 g/mol. The zero-order chi connectivity index (χ0) is 10.7. The van der Waals surface area contributed by atoms with E-state index in [0.717, 1.165) is 13.0 Å². The molecule has 0 N–H and O–H groups in total. The lowest BCUT2D eigenvalue weighted by Gasteiger charge is -2.30. The largest absolute Gasteiger partial charge is 0.468 e.